The van der Waals surface area contributed by atoms with Gasteiger partial charge in [-0.1, -0.05) is 0 Å². The van der Waals surface area contributed by atoms with Crippen LogP contribution in [0.4, 0.5) is 0 Å². The van der Waals surface area contributed by atoms with Crippen molar-refractivity contribution >= 4 is 29.5 Å². The number of hydrogen-bond donors (Lipinski definition) is 0. The van der Waals surface area contributed by atoms with Gasteiger partial charge in [0.25, 0.3) is 5.91 Å². The third-order valence-corrected chi connectivity index (χ3v) is 4.75. The molecule has 3 amide bonds. The Bertz CT molecular complexity index is 644. The van der Waals surface area contributed by atoms with Gasteiger partial charge in [-0.25, -0.2) is 0 Å². The number of furan rings is 1. The van der Waals surface area contributed by atoms with Crippen molar-refractivity contribution in [1.82, 2.24) is 14.7 Å². The third kappa shape index (κ3) is 2.95. The summed E-state index contributed by atoms with van der Waals surface area (Å²) in [6, 6.07) is 2.88. The van der Waals surface area contributed by atoms with Crippen molar-refractivity contribution in [1.29, 1.82) is 0 Å². The van der Waals surface area contributed by atoms with E-state index in [1.165, 1.54) is 4.90 Å². The van der Waals surface area contributed by atoms with Gasteiger partial charge in [0.15, 0.2) is 5.76 Å². The first-order chi connectivity index (χ1) is 11.0. The quantitative estimate of drug-likeness (QED) is 0.791. The molecule has 7 nitrogen and oxygen atoms in total. The number of fused-ring (bicyclic) bond motifs is 1. The molecule has 0 aliphatic carbocycles. The number of carbonyl (C=O) groups excluding carboxylic acids is 3. The molecular weight excluding hydrogens is 318 g/mol. The summed E-state index contributed by atoms with van der Waals surface area (Å²) in [5.41, 5.74) is 0. The average Bonchev–Trinajstić information content (AvgIpc) is 3.00. The highest BCUT2D eigenvalue weighted by Crippen LogP contribution is 2.20. The second kappa shape index (κ2) is 6.27. The Morgan fingerprint density at radius 2 is 2.13 bits per heavy atom. The van der Waals surface area contributed by atoms with Crippen molar-refractivity contribution in [2.45, 2.75) is 11.8 Å². The molecular formula is C15H19N3O4S. The van der Waals surface area contributed by atoms with Gasteiger partial charge >= 0.3 is 0 Å². The molecule has 124 valence electrons. The van der Waals surface area contributed by atoms with E-state index in [1.54, 1.807) is 40.7 Å². The lowest BCUT2D eigenvalue weighted by molar-refractivity contribution is -0.157. The monoisotopic (exact) mass is 337 g/mol. The highest BCUT2D eigenvalue weighted by Gasteiger charge is 2.42. The van der Waals surface area contributed by atoms with Crippen LogP contribution in [0.3, 0.4) is 0 Å². The lowest BCUT2D eigenvalue weighted by atomic mass is 10.1. The lowest BCUT2D eigenvalue weighted by Crippen LogP contribution is -2.66. The molecule has 0 spiro atoms. The third-order valence-electron chi connectivity index (χ3n) is 4.18. The molecule has 0 saturated carbocycles. The molecule has 3 rings (SSSR count). The van der Waals surface area contributed by atoms with Crippen molar-refractivity contribution < 1.29 is 18.8 Å². The summed E-state index contributed by atoms with van der Waals surface area (Å²) in [6.45, 7) is 1.12. The highest BCUT2D eigenvalue weighted by molar-refractivity contribution is 7.97. The summed E-state index contributed by atoms with van der Waals surface area (Å²) in [6.07, 6.45) is 1.96. The molecule has 3 heterocycles. The molecule has 1 aromatic rings. The fourth-order valence-corrected chi connectivity index (χ4v) is 3.41. The summed E-state index contributed by atoms with van der Waals surface area (Å²) < 4.78 is 5.56. The Kier molecular flexibility index (Phi) is 4.34. The molecule has 2 saturated heterocycles. The minimum absolute atomic E-state index is 0.0653. The maximum absolute atomic E-state index is 12.6. The zero-order valence-electron chi connectivity index (χ0n) is 13.2. The standard InChI is InChI=1S/C15H19N3O4S/c1-16-8-13(19)18-6-5-17(7-11(18)14(16)20)15(21)12-4-3-10(22-12)9-23-2/h3-4,11H,5-9H2,1-2H3. The Morgan fingerprint density at radius 3 is 2.87 bits per heavy atom. The van der Waals surface area contributed by atoms with Crippen molar-refractivity contribution in [2.24, 2.45) is 0 Å². The van der Waals surface area contributed by atoms with Gasteiger partial charge in [0.2, 0.25) is 11.8 Å². The first-order valence-electron chi connectivity index (χ1n) is 7.42. The normalized spacial score (nSPS) is 21.7. The summed E-state index contributed by atoms with van der Waals surface area (Å²) >= 11 is 1.62. The van der Waals surface area contributed by atoms with Gasteiger partial charge in [0.1, 0.15) is 11.8 Å². The Balaban J connectivity index is 1.73. The van der Waals surface area contributed by atoms with Crippen LogP contribution in [0.15, 0.2) is 16.5 Å². The first-order valence-corrected chi connectivity index (χ1v) is 8.82. The molecule has 2 aliphatic heterocycles. The Labute approximate surface area is 138 Å². The predicted molar refractivity (Wildman–Crippen MR) is 85.0 cm³/mol. The van der Waals surface area contributed by atoms with Gasteiger partial charge in [0, 0.05) is 20.1 Å². The molecule has 0 aromatic carbocycles. The molecule has 8 heteroatoms. The van der Waals surface area contributed by atoms with Crippen molar-refractivity contribution in [2.75, 3.05) is 39.5 Å². The van der Waals surface area contributed by atoms with Gasteiger partial charge in [0.05, 0.1) is 18.8 Å². The topological polar surface area (TPSA) is 74.1 Å². The minimum Gasteiger partial charge on any atom is -0.455 e. The van der Waals surface area contributed by atoms with E-state index in [2.05, 4.69) is 0 Å². The molecule has 0 N–H and O–H groups in total. The SMILES string of the molecule is CSCc1ccc(C(=O)N2CCN3C(=O)CN(C)C(=O)C3C2)o1. The maximum Gasteiger partial charge on any atom is 0.289 e. The number of hydrogen-bond acceptors (Lipinski definition) is 5. The van der Waals surface area contributed by atoms with Gasteiger partial charge in [-0.15, -0.1) is 0 Å². The van der Waals surface area contributed by atoms with E-state index in [0.717, 1.165) is 5.76 Å². The number of rotatable bonds is 3. The first kappa shape index (κ1) is 15.9. The summed E-state index contributed by atoms with van der Waals surface area (Å²) in [5.74, 6) is 1.33. The number of piperazine rings is 2. The fourth-order valence-electron chi connectivity index (χ4n) is 2.97. The zero-order valence-corrected chi connectivity index (χ0v) is 14.0. The molecule has 1 atom stereocenters. The van der Waals surface area contributed by atoms with Crippen LogP contribution in [0.25, 0.3) is 0 Å². The van der Waals surface area contributed by atoms with Gasteiger partial charge < -0.3 is 19.1 Å². The lowest BCUT2D eigenvalue weighted by Gasteiger charge is -2.45. The second-order valence-electron chi connectivity index (χ2n) is 5.75. The van der Waals surface area contributed by atoms with Gasteiger partial charge in [-0.3, -0.25) is 14.4 Å². The fraction of sp³-hybridized carbons (Fsp3) is 0.533. The summed E-state index contributed by atoms with van der Waals surface area (Å²) in [7, 11) is 1.61. The van der Waals surface area contributed by atoms with E-state index in [9.17, 15) is 14.4 Å². The number of thioether (sulfide) groups is 1. The minimum atomic E-state index is -0.584. The molecule has 1 unspecified atom stereocenters. The van der Waals surface area contributed by atoms with E-state index in [-0.39, 0.29) is 36.6 Å². The molecule has 0 bridgehead atoms. The van der Waals surface area contributed by atoms with Crippen LogP contribution in [0, 0.1) is 0 Å². The van der Waals surface area contributed by atoms with Gasteiger partial charge in [-0.05, 0) is 18.4 Å². The van der Waals surface area contributed by atoms with Crippen LogP contribution >= 0.6 is 11.8 Å². The smallest absolute Gasteiger partial charge is 0.289 e. The van der Waals surface area contributed by atoms with Crippen LogP contribution in [-0.4, -0.2) is 77.9 Å². The van der Waals surface area contributed by atoms with Crippen LogP contribution in [0.5, 0.6) is 0 Å². The van der Waals surface area contributed by atoms with Crippen molar-refractivity contribution in [3.8, 4) is 0 Å². The zero-order chi connectivity index (χ0) is 16.6. The number of nitrogens with zero attached hydrogens (tertiary/aromatic N) is 3. The van der Waals surface area contributed by atoms with Crippen LogP contribution < -0.4 is 0 Å². The van der Waals surface area contributed by atoms with Gasteiger partial charge in [-0.2, -0.15) is 11.8 Å². The Morgan fingerprint density at radius 1 is 1.35 bits per heavy atom. The van der Waals surface area contributed by atoms with Crippen molar-refractivity contribution in [3.63, 3.8) is 0 Å². The summed E-state index contributed by atoms with van der Waals surface area (Å²) in [5, 5.41) is 0. The number of carbonyl (C=O) groups is 3. The van der Waals surface area contributed by atoms with E-state index < -0.39 is 6.04 Å². The average molecular weight is 337 g/mol. The summed E-state index contributed by atoms with van der Waals surface area (Å²) in [4.78, 5) is 41.4. The van der Waals surface area contributed by atoms with Crippen LogP contribution in [-0.2, 0) is 15.3 Å². The number of amides is 3. The molecule has 1 aromatic heterocycles. The maximum atomic E-state index is 12.6. The number of likely N-dealkylation sites (N-methyl/N-ethyl adjacent to an activating group) is 1. The predicted octanol–water partition coefficient (Wildman–Crippen LogP) is 0.268. The molecule has 2 aliphatic rings. The largest absolute Gasteiger partial charge is 0.455 e. The highest BCUT2D eigenvalue weighted by atomic mass is 32.2. The molecule has 2 fully saturated rings. The van der Waals surface area contributed by atoms with E-state index in [1.807, 2.05) is 6.26 Å². The van der Waals surface area contributed by atoms with E-state index in [4.69, 9.17) is 4.42 Å². The van der Waals surface area contributed by atoms with Crippen LogP contribution in [0.2, 0.25) is 0 Å². The molecule has 0 radical (unpaired) electrons. The second-order valence-corrected chi connectivity index (χ2v) is 6.61. The van der Waals surface area contributed by atoms with Crippen LogP contribution in [0.1, 0.15) is 16.3 Å². The Hall–Kier alpha value is -1.96. The van der Waals surface area contributed by atoms with E-state index in [0.29, 0.717) is 18.8 Å². The molecule has 23 heavy (non-hydrogen) atoms. The van der Waals surface area contributed by atoms with E-state index >= 15 is 0 Å². The van der Waals surface area contributed by atoms with Crippen molar-refractivity contribution in [3.05, 3.63) is 23.7 Å².